The molecule has 5 aromatic rings. The molecule has 38 heavy (non-hydrogen) atoms. The number of anilines is 1. The van der Waals surface area contributed by atoms with Crippen molar-refractivity contribution in [3.05, 3.63) is 88.9 Å². The van der Waals surface area contributed by atoms with Crippen LogP contribution >= 0.6 is 15.9 Å². The minimum absolute atomic E-state index is 0.355. The van der Waals surface area contributed by atoms with Crippen molar-refractivity contribution in [2.75, 3.05) is 5.32 Å². The van der Waals surface area contributed by atoms with Gasteiger partial charge in [-0.25, -0.2) is 14.2 Å². The fraction of sp³-hybridized carbons (Fsp3) is 0.148. The van der Waals surface area contributed by atoms with E-state index in [2.05, 4.69) is 31.3 Å². The Labute approximate surface area is 225 Å². The summed E-state index contributed by atoms with van der Waals surface area (Å²) in [7, 11) is 0. The van der Waals surface area contributed by atoms with Crippen molar-refractivity contribution in [3.8, 4) is 0 Å². The number of aromatic nitrogens is 4. The molecule has 0 spiro atoms. The Morgan fingerprint density at radius 3 is 2.24 bits per heavy atom. The summed E-state index contributed by atoms with van der Waals surface area (Å²) in [4.78, 5) is 39.6. The predicted octanol–water partition coefficient (Wildman–Crippen LogP) is 6.44. The molecule has 0 fully saturated rings. The fourth-order valence-electron chi connectivity index (χ4n) is 4.16. The van der Waals surface area contributed by atoms with Gasteiger partial charge in [-0.05, 0) is 36.4 Å². The second kappa shape index (κ2) is 10.5. The largest absolute Gasteiger partial charge is 0.464 e. The molecular formula is C27H24BrN5O5. The minimum Gasteiger partial charge on any atom is -0.464 e. The number of hydrogen-bond acceptors (Lipinski definition) is 5. The number of hydrogen-bond donors (Lipinski definition) is 3. The minimum atomic E-state index is -1.12. The number of halogens is 1. The van der Waals surface area contributed by atoms with Crippen LogP contribution in [0.5, 0.6) is 0 Å². The number of carbonyl (C=O) groups excluding carboxylic acids is 1. The third-order valence-corrected chi connectivity index (χ3v) is 6.15. The van der Waals surface area contributed by atoms with Crippen LogP contribution in [0.25, 0.3) is 21.8 Å². The normalized spacial score (nSPS) is 11.2. The highest BCUT2D eigenvalue weighted by molar-refractivity contribution is 9.10. The SMILES string of the molecule is CC(C)(C)c1c(C(=O)Nc2ccncc2)c2cc(Br)ccc2n1C(=O)O.O=C(O)n1ncc2ccccc21. The van der Waals surface area contributed by atoms with Crippen molar-refractivity contribution in [1.29, 1.82) is 0 Å². The van der Waals surface area contributed by atoms with Gasteiger partial charge in [-0.3, -0.25) is 9.78 Å². The standard InChI is InChI=1S/C19H18BrN3O3.C8H6N2O2/c1-19(2,3)16-15(17(24)22-12-6-8-21-9-7-12)13-10-11(20)4-5-14(13)23(16)18(25)26;11-8(12)10-7-4-2-1-3-6(7)5-9-10/h4-10H,1-3H3,(H,25,26)(H,21,22,24);1-5H,(H,11,12). The van der Waals surface area contributed by atoms with Crippen LogP contribution in [0, 0.1) is 0 Å². The third kappa shape index (κ3) is 5.28. The van der Waals surface area contributed by atoms with E-state index < -0.39 is 17.6 Å². The van der Waals surface area contributed by atoms with Crippen molar-refractivity contribution in [3.63, 3.8) is 0 Å². The van der Waals surface area contributed by atoms with Gasteiger partial charge in [0.25, 0.3) is 5.91 Å². The number of rotatable bonds is 2. The number of amides is 1. The van der Waals surface area contributed by atoms with Crippen LogP contribution in [0.4, 0.5) is 15.3 Å². The first-order valence-corrected chi connectivity index (χ1v) is 12.2. The van der Waals surface area contributed by atoms with Crippen molar-refractivity contribution >= 4 is 61.5 Å². The van der Waals surface area contributed by atoms with Crippen LogP contribution in [0.1, 0.15) is 36.8 Å². The Kier molecular flexibility index (Phi) is 7.31. The molecule has 0 bridgehead atoms. The van der Waals surface area contributed by atoms with Gasteiger partial charge in [0.05, 0.1) is 22.8 Å². The number of benzene rings is 2. The first-order valence-electron chi connectivity index (χ1n) is 11.4. The molecule has 10 nitrogen and oxygen atoms in total. The van der Waals surface area contributed by atoms with Crippen molar-refractivity contribution in [2.45, 2.75) is 26.2 Å². The van der Waals surface area contributed by atoms with E-state index in [1.54, 1.807) is 54.9 Å². The summed E-state index contributed by atoms with van der Waals surface area (Å²) in [6.07, 6.45) is 2.51. The average Bonchev–Trinajstić information content (AvgIpc) is 3.44. The number of pyridine rings is 1. The molecule has 0 saturated heterocycles. The van der Waals surface area contributed by atoms with Crippen LogP contribution in [0.3, 0.4) is 0 Å². The zero-order valence-electron chi connectivity index (χ0n) is 20.7. The predicted molar refractivity (Wildman–Crippen MR) is 147 cm³/mol. The molecule has 3 heterocycles. The van der Waals surface area contributed by atoms with Crippen LogP contribution in [0.2, 0.25) is 0 Å². The molecule has 3 aromatic heterocycles. The number of nitrogens with zero attached hydrogens (tertiary/aromatic N) is 4. The molecule has 194 valence electrons. The Bertz CT molecular complexity index is 1670. The highest BCUT2D eigenvalue weighted by atomic mass is 79.9. The topological polar surface area (TPSA) is 139 Å². The molecule has 0 aliphatic heterocycles. The van der Waals surface area contributed by atoms with E-state index in [0.29, 0.717) is 33.4 Å². The van der Waals surface area contributed by atoms with E-state index in [9.17, 15) is 19.5 Å². The highest BCUT2D eigenvalue weighted by Gasteiger charge is 2.32. The monoisotopic (exact) mass is 577 g/mol. The molecule has 1 amide bonds. The molecule has 0 aliphatic carbocycles. The maximum atomic E-state index is 13.1. The van der Waals surface area contributed by atoms with Gasteiger partial charge in [0.1, 0.15) is 0 Å². The summed E-state index contributed by atoms with van der Waals surface area (Å²) >= 11 is 3.41. The maximum absolute atomic E-state index is 13.1. The summed E-state index contributed by atoms with van der Waals surface area (Å²) in [6, 6.07) is 15.8. The zero-order valence-corrected chi connectivity index (χ0v) is 22.3. The lowest BCUT2D eigenvalue weighted by molar-refractivity contribution is 0.102. The van der Waals surface area contributed by atoms with Gasteiger partial charge in [-0.2, -0.15) is 9.78 Å². The lowest BCUT2D eigenvalue weighted by atomic mass is 9.88. The summed E-state index contributed by atoms with van der Waals surface area (Å²) in [5.74, 6) is -0.357. The molecule has 0 radical (unpaired) electrons. The Morgan fingerprint density at radius 2 is 1.61 bits per heavy atom. The Hall–Kier alpha value is -4.51. The van der Waals surface area contributed by atoms with Crippen LogP contribution in [-0.4, -0.2) is 47.6 Å². The van der Waals surface area contributed by atoms with Gasteiger partial charge in [-0.1, -0.05) is 54.9 Å². The number of carboxylic acid groups (broad SMARTS) is 2. The molecule has 0 aliphatic rings. The maximum Gasteiger partial charge on any atom is 0.432 e. The number of carbonyl (C=O) groups is 3. The third-order valence-electron chi connectivity index (χ3n) is 5.65. The second-order valence-electron chi connectivity index (χ2n) is 9.34. The molecular weight excluding hydrogens is 554 g/mol. The smallest absolute Gasteiger partial charge is 0.432 e. The van der Waals surface area contributed by atoms with Crippen LogP contribution in [0.15, 0.2) is 77.7 Å². The summed E-state index contributed by atoms with van der Waals surface area (Å²) in [6.45, 7) is 5.66. The first kappa shape index (κ1) is 26.6. The van der Waals surface area contributed by atoms with E-state index in [0.717, 1.165) is 14.5 Å². The Balaban J connectivity index is 0.000000232. The van der Waals surface area contributed by atoms with Crippen molar-refractivity contribution in [2.24, 2.45) is 0 Å². The Morgan fingerprint density at radius 1 is 0.921 bits per heavy atom. The van der Waals surface area contributed by atoms with Gasteiger partial charge >= 0.3 is 12.2 Å². The summed E-state index contributed by atoms with van der Waals surface area (Å²) < 4.78 is 2.92. The van der Waals surface area contributed by atoms with E-state index in [1.807, 2.05) is 32.9 Å². The molecule has 0 unspecified atom stereocenters. The van der Waals surface area contributed by atoms with Gasteiger partial charge in [-0.15, -0.1) is 0 Å². The van der Waals surface area contributed by atoms with E-state index in [-0.39, 0.29) is 5.91 Å². The molecule has 3 N–H and O–H groups in total. The first-order chi connectivity index (χ1) is 18.0. The van der Waals surface area contributed by atoms with Crippen molar-refractivity contribution in [1.82, 2.24) is 19.3 Å². The molecule has 0 atom stereocenters. The molecule has 5 rings (SSSR count). The van der Waals surface area contributed by atoms with Crippen LogP contribution < -0.4 is 5.32 Å². The fourth-order valence-corrected chi connectivity index (χ4v) is 4.52. The van der Waals surface area contributed by atoms with Crippen molar-refractivity contribution < 1.29 is 24.6 Å². The zero-order chi connectivity index (χ0) is 27.6. The van der Waals surface area contributed by atoms with Gasteiger partial charge in [0.15, 0.2) is 0 Å². The van der Waals surface area contributed by atoms with Gasteiger partial charge < -0.3 is 15.5 Å². The number of nitrogens with one attached hydrogen (secondary N) is 1. The van der Waals surface area contributed by atoms with Crippen LogP contribution in [-0.2, 0) is 5.41 Å². The number of fused-ring (bicyclic) bond motifs is 2. The lowest BCUT2D eigenvalue weighted by Crippen LogP contribution is -2.26. The van der Waals surface area contributed by atoms with E-state index in [4.69, 9.17) is 5.11 Å². The summed E-state index contributed by atoms with van der Waals surface area (Å²) in [5, 5.41) is 26.4. The quantitative estimate of drug-likeness (QED) is 0.219. The lowest BCUT2D eigenvalue weighted by Gasteiger charge is -2.22. The van der Waals surface area contributed by atoms with Gasteiger partial charge in [0.2, 0.25) is 0 Å². The highest BCUT2D eigenvalue weighted by Crippen LogP contribution is 2.36. The molecule has 0 saturated carbocycles. The average molecular weight is 578 g/mol. The number of para-hydroxylation sites is 1. The summed E-state index contributed by atoms with van der Waals surface area (Å²) in [5.41, 5.74) is 1.93. The van der Waals surface area contributed by atoms with E-state index >= 15 is 0 Å². The molecule has 11 heteroatoms. The van der Waals surface area contributed by atoms with E-state index in [1.165, 1.54) is 10.8 Å². The molecule has 2 aromatic carbocycles. The second-order valence-corrected chi connectivity index (χ2v) is 10.3. The van der Waals surface area contributed by atoms with Gasteiger partial charge in [0, 0.05) is 44.4 Å².